The molecule has 0 fully saturated rings. The van der Waals surface area contributed by atoms with Crippen molar-refractivity contribution >= 4 is 17.3 Å². The maximum atomic E-state index is 11.0. The van der Waals surface area contributed by atoms with Crippen LogP contribution in [0.4, 0.5) is 5.69 Å². The Morgan fingerprint density at radius 3 is 2.55 bits per heavy atom. The predicted octanol–water partition coefficient (Wildman–Crippen LogP) is 3.25. The number of halogens is 1. The molecule has 0 saturated heterocycles. The molecule has 2 rings (SSSR count). The van der Waals surface area contributed by atoms with Gasteiger partial charge in [-0.15, -0.1) is 0 Å². The summed E-state index contributed by atoms with van der Waals surface area (Å²) in [4.78, 5) is 10.5. The molecule has 0 aliphatic carbocycles. The first-order chi connectivity index (χ1) is 10.4. The van der Waals surface area contributed by atoms with Crippen molar-refractivity contribution < 1.29 is 10.0 Å². The quantitative estimate of drug-likeness (QED) is 0.633. The summed E-state index contributed by atoms with van der Waals surface area (Å²) >= 11 is 6.09. The molecule has 0 spiro atoms. The lowest BCUT2D eigenvalue weighted by Crippen LogP contribution is -2.35. The summed E-state index contributed by atoms with van der Waals surface area (Å²) in [7, 11) is 0. The maximum Gasteiger partial charge on any atom is 0.273 e. The molecule has 2 N–H and O–H groups in total. The summed E-state index contributed by atoms with van der Waals surface area (Å²) in [5, 5.41) is 25.0. The Labute approximate surface area is 133 Å². The van der Waals surface area contributed by atoms with E-state index in [1.807, 2.05) is 0 Å². The number of para-hydroxylation sites is 1. The molecule has 2 aromatic carbocycles. The second-order valence-corrected chi connectivity index (χ2v) is 5.65. The molecule has 0 bridgehead atoms. The van der Waals surface area contributed by atoms with E-state index in [2.05, 4.69) is 5.32 Å². The van der Waals surface area contributed by atoms with Gasteiger partial charge in [0.25, 0.3) is 5.69 Å². The highest BCUT2D eigenvalue weighted by atomic mass is 35.5. The van der Waals surface area contributed by atoms with Crippen LogP contribution >= 0.6 is 11.6 Å². The Kier molecular flexibility index (Phi) is 5.13. The second kappa shape index (κ2) is 6.87. The van der Waals surface area contributed by atoms with Gasteiger partial charge in [-0.3, -0.25) is 10.1 Å². The van der Waals surface area contributed by atoms with Crippen LogP contribution in [0, 0.1) is 10.1 Å². The molecule has 0 heterocycles. The average Bonchev–Trinajstić information content (AvgIpc) is 2.47. The van der Waals surface area contributed by atoms with Gasteiger partial charge in [-0.25, -0.2) is 0 Å². The molecule has 0 amide bonds. The third-order valence-electron chi connectivity index (χ3n) is 3.43. The molecular weight excluding hydrogens is 304 g/mol. The Bertz CT molecular complexity index is 674. The fourth-order valence-electron chi connectivity index (χ4n) is 2.27. The van der Waals surface area contributed by atoms with E-state index in [9.17, 15) is 15.2 Å². The lowest BCUT2D eigenvalue weighted by molar-refractivity contribution is -0.385. The number of nitrogens with zero attached hydrogens (tertiary/aromatic N) is 1. The van der Waals surface area contributed by atoms with Gasteiger partial charge in [0.05, 0.1) is 4.92 Å². The predicted molar refractivity (Wildman–Crippen MR) is 85.8 cm³/mol. The maximum absolute atomic E-state index is 11.0. The normalized spacial score (nSPS) is 13.6. The number of benzene rings is 2. The van der Waals surface area contributed by atoms with Crippen LogP contribution in [0.1, 0.15) is 18.1 Å². The number of aliphatic hydroxyl groups is 1. The van der Waals surface area contributed by atoms with Gasteiger partial charge in [0, 0.05) is 35.3 Å². The van der Waals surface area contributed by atoms with Crippen LogP contribution in [0.5, 0.6) is 0 Å². The number of nitro groups is 1. The Hall–Kier alpha value is -1.95. The molecule has 0 radical (unpaired) electrons. The monoisotopic (exact) mass is 320 g/mol. The molecule has 5 nitrogen and oxygen atoms in total. The first kappa shape index (κ1) is 16.4. The van der Waals surface area contributed by atoms with Crippen molar-refractivity contribution in [3.05, 3.63) is 74.8 Å². The topological polar surface area (TPSA) is 75.4 Å². The van der Waals surface area contributed by atoms with Gasteiger partial charge in [0.1, 0.15) is 5.60 Å². The highest BCUT2D eigenvalue weighted by molar-refractivity contribution is 6.31. The summed E-state index contributed by atoms with van der Waals surface area (Å²) in [6.07, 6.45) is 0. The molecule has 0 aliphatic rings. The minimum absolute atomic E-state index is 0.0624. The summed E-state index contributed by atoms with van der Waals surface area (Å²) < 4.78 is 0. The van der Waals surface area contributed by atoms with Crippen LogP contribution in [-0.4, -0.2) is 16.6 Å². The minimum Gasteiger partial charge on any atom is -0.384 e. The first-order valence-electron chi connectivity index (χ1n) is 6.82. The van der Waals surface area contributed by atoms with E-state index in [0.29, 0.717) is 16.1 Å². The van der Waals surface area contributed by atoms with Crippen molar-refractivity contribution in [1.29, 1.82) is 0 Å². The number of rotatable bonds is 6. The van der Waals surface area contributed by atoms with E-state index in [0.717, 1.165) is 0 Å². The van der Waals surface area contributed by atoms with Gasteiger partial charge >= 0.3 is 0 Å². The number of hydrogen-bond acceptors (Lipinski definition) is 4. The first-order valence-corrected chi connectivity index (χ1v) is 7.20. The van der Waals surface area contributed by atoms with E-state index in [1.54, 1.807) is 49.4 Å². The molecule has 22 heavy (non-hydrogen) atoms. The lowest BCUT2D eigenvalue weighted by Gasteiger charge is -2.25. The van der Waals surface area contributed by atoms with E-state index >= 15 is 0 Å². The van der Waals surface area contributed by atoms with E-state index in [4.69, 9.17) is 11.6 Å². The van der Waals surface area contributed by atoms with Crippen LogP contribution in [0.3, 0.4) is 0 Å². The molecule has 6 heteroatoms. The Balaban J connectivity index is 2.05. The SMILES string of the molecule is CC(O)(CNCc1ccccc1[N+](=O)[O-])c1ccccc1Cl. The zero-order valence-corrected chi connectivity index (χ0v) is 12.9. The lowest BCUT2D eigenvalue weighted by atomic mass is 9.96. The summed E-state index contributed by atoms with van der Waals surface area (Å²) in [6.45, 7) is 2.17. The fourth-order valence-corrected chi connectivity index (χ4v) is 2.61. The van der Waals surface area contributed by atoms with Crippen molar-refractivity contribution in [3.63, 3.8) is 0 Å². The van der Waals surface area contributed by atoms with Gasteiger partial charge in [0.2, 0.25) is 0 Å². The van der Waals surface area contributed by atoms with Crippen molar-refractivity contribution in [2.45, 2.75) is 19.1 Å². The van der Waals surface area contributed by atoms with Gasteiger partial charge < -0.3 is 10.4 Å². The zero-order chi connectivity index (χ0) is 16.2. The highest BCUT2D eigenvalue weighted by Gasteiger charge is 2.25. The summed E-state index contributed by atoms with van der Waals surface area (Å²) in [5.74, 6) is 0. The van der Waals surface area contributed by atoms with E-state index < -0.39 is 10.5 Å². The fraction of sp³-hybridized carbons (Fsp3) is 0.250. The largest absolute Gasteiger partial charge is 0.384 e. The van der Waals surface area contributed by atoms with Crippen LogP contribution in [0.25, 0.3) is 0 Å². The second-order valence-electron chi connectivity index (χ2n) is 5.24. The van der Waals surface area contributed by atoms with Gasteiger partial charge in [0.15, 0.2) is 0 Å². The van der Waals surface area contributed by atoms with Crippen molar-refractivity contribution in [2.75, 3.05) is 6.54 Å². The number of nitro benzene ring substituents is 1. The van der Waals surface area contributed by atoms with Crippen molar-refractivity contribution in [2.24, 2.45) is 0 Å². The van der Waals surface area contributed by atoms with E-state index in [1.165, 1.54) is 6.07 Å². The van der Waals surface area contributed by atoms with Crippen LogP contribution in [0.15, 0.2) is 48.5 Å². The summed E-state index contributed by atoms with van der Waals surface area (Å²) in [6, 6.07) is 13.6. The third kappa shape index (κ3) is 3.82. The third-order valence-corrected chi connectivity index (χ3v) is 3.76. The molecule has 0 aromatic heterocycles. The zero-order valence-electron chi connectivity index (χ0n) is 12.1. The Morgan fingerprint density at radius 2 is 1.86 bits per heavy atom. The summed E-state index contributed by atoms with van der Waals surface area (Å²) in [5.41, 5.74) is 0.0867. The molecular formula is C16H17ClN2O3. The molecule has 1 unspecified atom stereocenters. The molecule has 2 aromatic rings. The standard InChI is InChI=1S/C16H17ClN2O3/c1-16(20,13-7-3-4-8-14(13)17)11-18-10-12-6-2-5-9-15(12)19(21)22/h2-9,18,20H,10-11H2,1H3. The smallest absolute Gasteiger partial charge is 0.273 e. The van der Waals surface area contributed by atoms with Gasteiger partial charge in [-0.1, -0.05) is 48.0 Å². The molecule has 0 aliphatic heterocycles. The van der Waals surface area contributed by atoms with E-state index in [-0.39, 0.29) is 18.8 Å². The van der Waals surface area contributed by atoms with Crippen molar-refractivity contribution in [3.8, 4) is 0 Å². The van der Waals surface area contributed by atoms with Crippen LogP contribution < -0.4 is 5.32 Å². The Morgan fingerprint density at radius 1 is 1.23 bits per heavy atom. The van der Waals surface area contributed by atoms with Gasteiger partial charge in [-0.05, 0) is 13.0 Å². The average molecular weight is 321 g/mol. The van der Waals surface area contributed by atoms with Gasteiger partial charge in [-0.2, -0.15) is 0 Å². The molecule has 1 atom stereocenters. The molecule has 116 valence electrons. The highest BCUT2D eigenvalue weighted by Crippen LogP contribution is 2.27. The molecule has 0 saturated carbocycles. The van der Waals surface area contributed by atoms with Crippen molar-refractivity contribution in [1.82, 2.24) is 5.32 Å². The van der Waals surface area contributed by atoms with Crippen LogP contribution in [0.2, 0.25) is 5.02 Å². The minimum atomic E-state index is -1.16. The number of nitrogens with one attached hydrogen (secondary N) is 1. The number of hydrogen-bond donors (Lipinski definition) is 2. The van der Waals surface area contributed by atoms with Crippen LogP contribution in [-0.2, 0) is 12.1 Å².